The second-order valence-corrected chi connectivity index (χ2v) is 5.14. The number of aromatic amines is 1. The molecule has 0 radical (unpaired) electrons. The monoisotopic (exact) mass is 308 g/mol. The number of anilines is 1. The van der Waals surface area contributed by atoms with Crippen molar-refractivity contribution in [1.29, 1.82) is 0 Å². The molecule has 116 valence electrons. The van der Waals surface area contributed by atoms with Crippen molar-refractivity contribution in [2.75, 3.05) is 5.32 Å². The van der Waals surface area contributed by atoms with Gasteiger partial charge in [-0.3, -0.25) is 9.89 Å². The van der Waals surface area contributed by atoms with Gasteiger partial charge in [0.05, 0.1) is 6.61 Å². The Kier molecular flexibility index (Phi) is 4.16. The van der Waals surface area contributed by atoms with Crippen LogP contribution in [0.1, 0.15) is 21.7 Å². The van der Waals surface area contributed by atoms with Crippen LogP contribution in [0, 0.1) is 6.92 Å². The number of aliphatic hydroxyl groups is 1. The van der Waals surface area contributed by atoms with Crippen LogP contribution in [0.5, 0.6) is 0 Å². The van der Waals surface area contributed by atoms with Crippen LogP contribution >= 0.6 is 0 Å². The van der Waals surface area contributed by atoms with Gasteiger partial charge in [-0.2, -0.15) is 5.10 Å². The van der Waals surface area contributed by atoms with E-state index in [1.54, 1.807) is 42.5 Å². The second-order valence-electron chi connectivity index (χ2n) is 5.14. The first kappa shape index (κ1) is 14.9. The molecular formula is C17H16N4O2. The van der Waals surface area contributed by atoms with Crippen LogP contribution in [-0.4, -0.2) is 26.2 Å². The maximum Gasteiger partial charge on any atom is 0.255 e. The Morgan fingerprint density at radius 1 is 1.22 bits per heavy atom. The fraction of sp³-hybridized carbons (Fsp3) is 0.118. The van der Waals surface area contributed by atoms with Gasteiger partial charge in [0, 0.05) is 16.8 Å². The molecule has 0 aliphatic carbocycles. The Bertz CT molecular complexity index is 842. The van der Waals surface area contributed by atoms with Crippen molar-refractivity contribution in [2.45, 2.75) is 13.5 Å². The van der Waals surface area contributed by atoms with E-state index in [2.05, 4.69) is 20.5 Å². The number of H-pyrrole nitrogens is 1. The topological polar surface area (TPSA) is 90.9 Å². The van der Waals surface area contributed by atoms with Crippen molar-refractivity contribution in [3.8, 4) is 11.4 Å². The summed E-state index contributed by atoms with van der Waals surface area (Å²) >= 11 is 0. The molecule has 23 heavy (non-hydrogen) atoms. The van der Waals surface area contributed by atoms with Gasteiger partial charge in [-0.05, 0) is 36.8 Å². The van der Waals surface area contributed by atoms with Gasteiger partial charge >= 0.3 is 0 Å². The maximum absolute atomic E-state index is 12.4. The average Bonchev–Trinajstić information content (AvgIpc) is 3.01. The van der Waals surface area contributed by atoms with Crippen LogP contribution in [0.2, 0.25) is 0 Å². The minimum Gasteiger partial charge on any atom is -0.392 e. The SMILES string of the molecule is Cc1nc(-c2cccc(C(=O)Nc3cccc(CO)c3)c2)n[nH]1. The van der Waals surface area contributed by atoms with E-state index in [4.69, 9.17) is 5.11 Å². The van der Waals surface area contributed by atoms with E-state index in [-0.39, 0.29) is 12.5 Å². The molecule has 0 aliphatic heterocycles. The highest BCUT2D eigenvalue weighted by Gasteiger charge is 2.10. The van der Waals surface area contributed by atoms with Crippen molar-refractivity contribution in [1.82, 2.24) is 15.2 Å². The van der Waals surface area contributed by atoms with E-state index in [9.17, 15) is 4.79 Å². The molecule has 0 saturated carbocycles. The highest BCUT2D eigenvalue weighted by Crippen LogP contribution is 2.18. The minimum atomic E-state index is -0.228. The first-order valence-electron chi connectivity index (χ1n) is 7.16. The van der Waals surface area contributed by atoms with Gasteiger partial charge in [0.15, 0.2) is 5.82 Å². The number of hydrogen-bond acceptors (Lipinski definition) is 4. The van der Waals surface area contributed by atoms with Crippen molar-refractivity contribution >= 4 is 11.6 Å². The lowest BCUT2D eigenvalue weighted by molar-refractivity contribution is 0.102. The lowest BCUT2D eigenvalue weighted by atomic mass is 10.1. The molecule has 0 aliphatic rings. The Hall–Kier alpha value is -2.99. The Morgan fingerprint density at radius 3 is 2.78 bits per heavy atom. The van der Waals surface area contributed by atoms with E-state index >= 15 is 0 Å². The third-order valence-corrected chi connectivity index (χ3v) is 3.35. The largest absolute Gasteiger partial charge is 0.392 e. The summed E-state index contributed by atoms with van der Waals surface area (Å²) in [7, 11) is 0. The third-order valence-electron chi connectivity index (χ3n) is 3.35. The summed E-state index contributed by atoms with van der Waals surface area (Å²) in [5.41, 5.74) is 2.67. The Balaban J connectivity index is 1.82. The van der Waals surface area contributed by atoms with Crippen LogP contribution in [-0.2, 0) is 6.61 Å². The predicted octanol–water partition coefficient (Wildman–Crippen LogP) is 2.52. The number of hydrogen-bond donors (Lipinski definition) is 3. The van der Waals surface area contributed by atoms with E-state index in [1.807, 2.05) is 13.0 Å². The van der Waals surface area contributed by atoms with Gasteiger partial charge in [0.25, 0.3) is 5.91 Å². The number of carbonyl (C=O) groups is 1. The zero-order valence-electron chi connectivity index (χ0n) is 12.6. The summed E-state index contributed by atoms with van der Waals surface area (Å²) in [5, 5.41) is 18.8. The normalized spacial score (nSPS) is 10.5. The van der Waals surface area contributed by atoms with E-state index in [0.717, 1.165) is 17.0 Å². The van der Waals surface area contributed by atoms with Gasteiger partial charge in [0.2, 0.25) is 0 Å². The van der Waals surface area contributed by atoms with E-state index in [0.29, 0.717) is 17.1 Å². The number of amides is 1. The zero-order chi connectivity index (χ0) is 16.2. The molecular weight excluding hydrogens is 292 g/mol. The summed E-state index contributed by atoms with van der Waals surface area (Å²) in [6.07, 6.45) is 0. The average molecular weight is 308 g/mol. The number of benzene rings is 2. The molecule has 1 heterocycles. The van der Waals surface area contributed by atoms with Crippen LogP contribution in [0.15, 0.2) is 48.5 Å². The number of aromatic nitrogens is 3. The quantitative estimate of drug-likeness (QED) is 0.690. The summed E-state index contributed by atoms with van der Waals surface area (Å²) < 4.78 is 0. The Labute approximate surface area is 133 Å². The fourth-order valence-corrected chi connectivity index (χ4v) is 2.22. The molecule has 2 aromatic carbocycles. The summed E-state index contributed by atoms with van der Waals surface area (Å²) in [6, 6.07) is 14.2. The van der Waals surface area contributed by atoms with Gasteiger partial charge in [-0.25, -0.2) is 4.98 Å². The van der Waals surface area contributed by atoms with E-state index < -0.39 is 0 Å². The number of rotatable bonds is 4. The zero-order valence-corrected chi connectivity index (χ0v) is 12.6. The molecule has 6 nitrogen and oxygen atoms in total. The molecule has 0 fully saturated rings. The number of aryl methyl sites for hydroxylation is 1. The summed E-state index contributed by atoms with van der Waals surface area (Å²) in [5.74, 6) is 1.05. The highest BCUT2D eigenvalue weighted by molar-refractivity contribution is 6.04. The lowest BCUT2D eigenvalue weighted by Crippen LogP contribution is -2.12. The summed E-state index contributed by atoms with van der Waals surface area (Å²) in [4.78, 5) is 16.6. The molecule has 1 amide bonds. The minimum absolute atomic E-state index is 0.0661. The predicted molar refractivity (Wildman–Crippen MR) is 86.9 cm³/mol. The third kappa shape index (κ3) is 3.44. The summed E-state index contributed by atoms with van der Waals surface area (Å²) in [6.45, 7) is 1.75. The molecule has 1 aromatic heterocycles. The molecule has 0 spiro atoms. The van der Waals surface area contributed by atoms with Gasteiger partial charge in [-0.1, -0.05) is 24.3 Å². The second kappa shape index (κ2) is 6.41. The number of nitrogens with zero attached hydrogens (tertiary/aromatic N) is 2. The van der Waals surface area contributed by atoms with Gasteiger partial charge < -0.3 is 10.4 Å². The van der Waals surface area contributed by atoms with Crippen LogP contribution in [0.4, 0.5) is 5.69 Å². The van der Waals surface area contributed by atoms with E-state index in [1.165, 1.54) is 0 Å². The van der Waals surface area contributed by atoms with Crippen LogP contribution in [0.3, 0.4) is 0 Å². The van der Waals surface area contributed by atoms with Crippen molar-refractivity contribution in [3.63, 3.8) is 0 Å². The maximum atomic E-state index is 12.4. The number of nitrogens with one attached hydrogen (secondary N) is 2. The molecule has 3 rings (SSSR count). The molecule has 0 unspecified atom stereocenters. The molecule has 6 heteroatoms. The first-order valence-corrected chi connectivity index (χ1v) is 7.16. The van der Waals surface area contributed by atoms with Crippen molar-refractivity contribution < 1.29 is 9.90 Å². The number of carbonyl (C=O) groups excluding carboxylic acids is 1. The standard InChI is InChI=1S/C17H16N4O2/c1-11-18-16(21-20-11)13-5-3-6-14(9-13)17(23)19-15-7-2-4-12(8-15)10-22/h2-9,22H,10H2,1H3,(H,19,23)(H,18,20,21). The fourth-order valence-electron chi connectivity index (χ4n) is 2.22. The molecule has 0 saturated heterocycles. The first-order chi connectivity index (χ1) is 11.2. The van der Waals surface area contributed by atoms with Gasteiger partial charge in [-0.15, -0.1) is 0 Å². The molecule has 3 aromatic rings. The van der Waals surface area contributed by atoms with Gasteiger partial charge in [0.1, 0.15) is 5.82 Å². The van der Waals surface area contributed by atoms with Crippen molar-refractivity contribution in [2.24, 2.45) is 0 Å². The van der Waals surface area contributed by atoms with Crippen molar-refractivity contribution in [3.05, 3.63) is 65.5 Å². The Morgan fingerprint density at radius 2 is 2.04 bits per heavy atom. The van der Waals surface area contributed by atoms with Crippen LogP contribution in [0.25, 0.3) is 11.4 Å². The van der Waals surface area contributed by atoms with Crippen LogP contribution < -0.4 is 5.32 Å². The molecule has 0 atom stereocenters. The molecule has 3 N–H and O–H groups in total. The molecule has 0 bridgehead atoms. The number of aliphatic hydroxyl groups excluding tert-OH is 1. The lowest BCUT2D eigenvalue weighted by Gasteiger charge is -2.07. The smallest absolute Gasteiger partial charge is 0.255 e. The highest BCUT2D eigenvalue weighted by atomic mass is 16.3.